The van der Waals surface area contributed by atoms with Gasteiger partial charge in [-0.15, -0.1) is 0 Å². The topological polar surface area (TPSA) is 133 Å². The van der Waals surface area contributed by atoms with E-state index >= 15 is 0 Å². The number of hydrogen-bond acceptors (Lipinski definition) is 11. The minimum Gasteiger partial charge on any atom is -0.426 e. The monoisotopic (exact) mass is 1070 g/mol. The van der Waals surface area contributed by atoms with Crippen LogP contribution in [0.1, 0.15) is 147 Å². The second kappa shape index (κ2) is 19.6. The molecule has 1 unspecified atom stereocenters. The molecule has 398 valence electrons. The fourth-order valence-corrected chi connectivity index (χ4v) is 13.2. The van der Waals surface area contributed by atoms with E-state index in [-0.39, 0.29) is 28.9 Å². The van der Waals surface area contributed by atoms with Crippen molar-refractivity contribution >= 4 is 83.2 Å². The normalized spacial score (nSPS) is 15.4. The first-order valence-corrected chi connectivity index (χ1v) is 34.5. The van der Waals surface area contributed by atoms with Gasteiger partial charge in [-0.1, -0.05) is 134 Å². The molecule has 0 spiro atoms. The number of benzene rings is 4. The van der Waals surface area contributed by atoms with E-state index in [9.17, 15) is 14.4 Å². The molecule has 1 aliphatic heterocycles. The minimum atomic E-state index is -2.34. The van der Waals surface area contributed by atoms with Crippen molar-refractivity contribution in [3.63, 3.8) is 0 Å². The van der Waals surface area contributed by atoms with Crippen LogP contribution in [0.2, 0.25) is 39.3 Å². The van der Waals surface area contributed by atoms with Crippen LogP contribution >= 0.6 is 16.8 Å². The van der Waals surface area contributed by atoms with Crippen LogP contribution in [-0.4, -0.2) is 40.7 Å². The molecule has 0 saturated carbocycles. The predicted octanol–water partition coefficient (Wildman–Crippen LogP) is 16.2. The quantitative estimate of drug-likeness (QED) is 0.0604. The van der Waals surface area contributed by atoms with Crippen LogP contribution in [0.5, 0.6) is 23.0 Å². The maximum atomic E-state index is 13.9. The Morgan fingerprint density at radius 2 is 0.877 bits per heavy atom. The van der Waals surface area contributed by atoms with Gasteiger partial charge < -0.3 is 31.4 Å². The number of carbonyl (C=O) groups is 3. The van der Waals surface area contributed by atoms with Gasteiger partial charge >= 0.3 is 34.8 Å². The second-order valence-electron chi connectivity index (χ2n) is 27.8. The Bertz CT molecular complexity index is 2930. The van der Waals surface area contributed by atoms with Crippen LogP contribution in [0, 0.1) is 10.8 Å². The lowest BCUT2D eigenvalue weighted by molar-refractivity contribution is -0.143. The van der Waals surface area contributed by atoms with Gasteiger partial charge in [0.1, 0.15) is 34.2 Å². The van der Waals surface area contributed by atoms with Crippen molar-refractivity contribution < 1.29 is 50.3 Å². The Labute approximate surface area is 439 Å². The molecule has 6 rings (SSSR count). The van der Waals surface area contributed by atoms with E-state index < -0.39 is 72.6 Å². The molecule has 1 aromatic heterocycles. The molecule has 11 nitrogen and oxygen atoms in total. The highest BCUT2D eigenvalue weighted by Gasteiger charge is 2.38. The van der Waals surface area contributed by atoms with E-state index in [4.69, 9.17) is 36.0 Å². The predicted molar refractivity (Wildman–Crippen MR) is 305 cm³/mol. The number of carbonyl (C=O) groups excluding carboxylic acids is 3. The maximum absolute atomic E-state index is 13.9. The third-order valence-corrected chi connectivity index (χ3v) is 18.6. The highest BCUT2D eigenvalue weighted by Crippen LogP contribution is 2.56. The first-order chi connectivity index (χ1) is 32.9. The van der Waals surface area contributed by atoms with Gasteiger partial charge in [-0.2, -0.15) is 0 Å². The molecular weight excluding hydrogens is 991 g/mol. The van der Waals surface area contributed by atoms with E-state index in [0.29, 0.717) is 33.8 Å². The lowest BCUT2D eigenvalue weighted by atomic mass is 9.81. The van der Waals surface area contributed by atoms with Crippen molar-refractivity contribution in [2.24, 2.45) is 10.8 Å². The van der Waals surface area contributed by atoms with Crippen LogP contribution < -0.4 is 28.9 Å². The molecule has 1 aliphatic rings. The maximum Gasteiger partial charge on any atom is 0.465 e. The Balaban J connectivity index is 1.88. The number of esters is 2. The molecule has 1 atom stereocenters. The summed E-state index contributed by atoms with van der Waals surface area (Å²) >= 11 is 0. The first kappa shape index (κ1) is 57.9. The van der Waals surface area contributed by atoms with Gasteiger partial charge in [-0.05, 0) is 121 Å². The standard InChI is InChI=1S/C58H82O11P2Si2/c1-53(2,3)34-25-38-39-26-35(54(4,5)6)28-45(73(22,23)24)50(39)69-71(68-49(38)44(27-34)72(19,20)21)67-48-41(30-37(32-43(48)56(10,11)12)64-52(61)58(16,17)18)40-29-36(63-51(60)57(13,14)15)31-42(55(7,8)9)47(40)66-70-62-33-46(59)65-70/h25-32H,33H2,1-24H3. The Kier molecular flexibility index (Phi) is 15.6. The zero-order valence-corrected chi connectivity index (χ0v) is 52.0. The van der Waals surface area contributed by atoms with E-state index in [2.05, 4.69) is 126 Å². The number of ether oxygens (including phenoxy) is 2. The molecule has 5 aromatic rings. The smallest absolute Gasteiger partial charge is 0.426 e. The van der Waals surface area contributed by atoms with Crippen LogP contribution in [0.4, 0.5) is 0 Å². The van der Waals surface area contributed by atoms with Crippen molar-refractivity contribution in [1.29, 1.82) is 0 Å². The first-order valence-electron chi connectivity index (χ1n) is 25.3. The highest BCUT2D eigenvalue weighted by atomic mass is 31.2. The SMILES string of the molecule is CC(C)(C)C(=O)Oc1cc(-c2cc(OC(=O)C(C)(C)C)cc(C(C)(C)C)c2Op2oc3c([Si](C)(C)C)cc(C(C)(C)C)cc3c3cc(C(C)(C)C)cc([Si](C)(C)C)c3o2)c(OP2OCC(=O)O2)c(C(C)(C)C)c1. The van der Waals surface area contributed by atoms with Crippen LogP contribution in [-0.2, 0) is 45.1 Å². The van der Waals surface area contributed by atoms with Gasteiger partial charge in [-0.3, -0.25) is 14.1 Å². The molecular formula is C58H82O11P2Si2. The van der Waals surface area contributed by atoms with E-state index in [1.54, 1.807) is 59.7 Å². The van der Waals surface area contributed by atoms with Crippen LogP contribution in [0.3, 0.4) is 0 Å². The van der Waals surface area contributed by atoms with Gasteiger partial charge in [-0.25, -0.2) is 4.79 Å². The summed E-state index contributed by atoms with van der Waals surface area (Å²) < 4.78 is 52.9. The van der Waals surface area contributed by atoms with Crippen molar-refractivity contribution in [2.75, 3.05) is 6.61 Å². The molecule has 1 saturated heterocycles. The van der Waals surface area contributed by atoms with Crippen molar-refractivity contribution in [1.82, 2.24) is 0 Å². The Morgan fingerprint density at radius 1 is 0.507 bits per heavy atom. The third kappa shape index (κ3) is 13.2. The third-order valence-electron chi connectivity index (χ3n) is 12.6. The zero-order chi connectivity index (χ0) is 55.1. The lowest BCUT2D eigenvalue weighted by Crippen LogP contribution is -2.39. The van der Waals surface area contributed by atoms with Crippen molar-refractivity contribution in [2.45, 2.75) is 186 Å². The molecule has 1 fully saturated rings. The van der Waals surface area contributed by atoms with Crippen molar-refractivity contribution in [3.05, 3.63) is 70.8 Å². The second-order valence-corrected chi connectivity index (χ2v) is 40.0. The zero-order valence-electron chi connectivity index (χ0n) is 48.2. The average Bonchev–Trinajstić information content (AvgIpc) is 3.54. The minimum absolute atomic E-state index is 0.180. The summed E-state index contributed by atoms with van der Waals surface area (Å²) in [4.78, 5) is 40.2. The molecule has 0 N–H and O–H groups in total. The summed E-state index contributed by atoms with van der Waals surface area (Å²) in [7, 11) is -8.92. The summed E-state index contributed by atoms with van der Waals surface area (Å²) in [6.45, 7) is 50.2. The average molecular weight is 1070 g/mol. The Morgan fingerprint density at radius 3 is 1.18 bits per heavy atom. The van der Waals surface area contributed by atoms with Gasteiger partial charge in [0, 0.05) is 33.0 Å². The molecule has 15 heteroatoms. The summed E-state index contributed by atoms with van der Waals surface area (Å²) in [5.74, 6) is -0.306. The molecule has 0 bridgehead atoms. The molecule has 0 amide bonds. The number of rotatable bonds is 9. The van der Waals surface area contributed by atoms with Gasteiger partial charge in [0.25, 0.3) is 0 Å². The summed E-state index contributed by atoms with van der Waals surface area (Å²) in [5, 5.41) is 4.22. The van der Waals surface area contributed by atoms with Gasteiger partial charge in [0.2, 0.25) is 0 Å². The van der Waals surface area contributed by atoms with Crippen molar-refractivity contribution in [3.8, 4) is 34.1 Å². The van der Waals surface area contributed by atoms with E-state index in [0.717, 1.165) is 32.3 Å². The van der Waals surface area contributed by atoms with Crippen LogP contribution in [0.15, 0.2) is 56.9 Å². The molecule has 0 radical (unpaired) electrons. The summed E-state index contributed by atoms with van der Waals surface area (Å²) in [6, 6.07) is 16.3. The highest BCUT2D eigenvalue weighted by molar-refractivity contribution is 7.43. The largest absolute Gasteiger partial charge is 0.465 e. The Hall–Kier alpha value is -4.39. The fraction of sp³-hybridized carbons (Fsp3) is 0.534. The number of fused-ring (bicyclic) bond motifs is 3. The molecule has 0 aliphatic carbocycles. The van der Waals surface area contributed by atoms with Gasteiger partial charge in [0.15, 0.2) is 6.61 Å². The summed E-state index contributed by atoms with van der Waals surface area (Å²) in [5.41, 5.74) is 2.58. The van der Waals surface area contributed by atoms with E-state index in [1.807, 2.05) is 26.8 Å². The lowest BCUT2D eigenvalue weighted by Gasteiger charge is -2.29. The molecule has 73 heavy (non-hydrogen) atoms. The van der Waals surface area contributed by atoms with Crippen LogP contribution in [0.25, 0.3) is 33.1 Å². The molecule has 2 heterocycles. The van der Waals surface area contributed by atoms with Gasteiger partial charge in [0.05, 0.1) is 27.0 Å². The van der Waals surface area contributed by atoms with E-state index in [1.165, 1.54) is 11.1 Å². The number of hydrogen-bond donors (Lipinski definition) is 0. The fourth-order valence-electron chi connectivity index (χ4n) is 8.03. The molecule has 4 aromatic carbocycles. The summed E-state index contributed by atoms with van der Waals surface area (Å²) in [6.07, 6.45) is 0.